The van der Waals surface area contributed by atoms with Gasteiger partial charge in [0.2, 0.25) is 5.91 Å². The Labute approximate surface area is 167 Å². The number of aromatic nitrogens is 1. The minimum Gasteiger partial charge on any atom is -0.457 e. The van der Waals surface area contributed by atoms with Gasteiger partial charge in [-0.3, -0.25) is 19.3 Å². The molecule has 4 rings (SSSR count). The lowest BCUT2D eigenvalue weighted by atomic mass is 9.90. The van der Waals surface area contributed by atoms with Crippen LogP contribution < -0.4 is 4.90 Å². The molecule has 2 heterocycles. The lowest BCUT2D eigenvalue weighted by Crippen LogP contribution is -2.23. The van der Waals surface area contributed by atoms with E-state index < -0.39 is 5.97 Å². The third-order valence-corrected chi connectivity index (χ3v) is 6.12. The molecular weight excluding hydrogens is 376 g/mol. The molecule has 0 radical (unpaired) electrons. The van der Waals surface area contributed by atoms with Gasteiger partial charge in [0.1, 0.15) is 0 Å². The van der Waals surface area contributed by atoms with Crippen molar-refractivity contribution in [3.63, 3.8) is 0 Å². The van der Waals surface area contributed by atoms with Crippen molar-refractivity contribution < 1.29 is 19.1 Å². The maximum absolute atomic E-state index is 12.4. The summed E-state index contributed by atoms with van der Waals surface area (Å²) in [7, 11) is 0. The maximum atomic E-state index is 12.4. The number of anilines is 1. The third-order valence-electron chi connectivity index (χ3n) is 5.20. The van der Waals surface area contributed by atoms with Crippen LogP contribution in [0.25, 0.3) is 0 Å². The fourth-order valence-electron chi connectivity index (χ4n) is 3.69. The summed E-state index contributed by atoms with van der Waals surface area (Å²) in [5.41, 5.74) is 3.70. The van der Waals surface area contributed by atoms with Crippen LogP contribution in [0.15, 0.2) is 23.6 Å². The quantitative estimate of drug-likeness (QED) is 0.552. The van der Waals surface area contributed by atoms with Gasteiger partial charge in [-0.25, -0.2) is 4.98 Å². The van der Waals surface area contributed by atoms with E-state index in [4.69, 9.17) is 4.74 Å². The molecule has 1 amide bonds. The lowest BCUT2D eigenvalue weighted by Gasteiger charge is -2.16. The topological polar surface area (TPSA) is 76.6 Å². The van der Waals surface area contributed by atoms with Gasteiger partial charge in [0.25, 0.3) is 0 Å². The van der Waals surface area contributed by atoms with Crippen LogP contribution in [0.3, 0.4) is 0 Å². The Morgan fingerprint density at radius 3 is 2.71 bits per heavy atom. The number of rotatable bonds is 6. The molecule has 1 aliphatic heterocycles. The molecule has 2 aliphatic rings. The molecule has 0 bridgehead atoms. The number of esters is 1. The summed E-state index contributed by atoms with van der Waals surface area (Å²) in [6.07, 6.45) is 5.79. The minimum absolute atomic E-state index is 0.00397. The molecule has 0 atom stereocenters. The molecule has 1 saturated heterocycles. The second-order valence-corrected chi connectivity index (χ2v) is 8.06. The first-order chi connectivity index (χ1) is 13.6. The van der Waals surface area contributed by atoms with Crippen molar-refractivity contribution in [1.29, 1.82) is 0 Å². The predicted octanol–water partition coefficient (Wildman–Crippen LogP) is 3.12. The van der Waals surface area contributed by atoms with E-state index in [9.17, 15) is 14.4 Å². The Kier molecular flexibility index (Phi) is 5.52. The first-order valence-electron chi connectivity index (χ1n) is 9.65. The number of fused-ring (bicyclic) bond motifs is 1. The molecule has 28 heavy (non-hydrogen) atoms. The number of ether oxygens (including phenoxy) is 1. The monoisotopic (exact) mass is 398 g/mol. The van der Waals surface area contributed by atoms with Crippen LogP contribution >= 0.6 is 11.3 Å². The van der Waals surface area contributed by atoms with Gasteiger partial charge in [0.15, 0.2) is 17.5 Å². The smallest absolute Gasteiger partial charge is 0.312 e. The van der Waals surface area contributed by atoms with Crippen molar-refractivity contribution in [2.24, 2.45) is 0 Å². The van der Waals surface area contributed by atoms with E-state index in [0.717, 1.165) is 25.7 Å². The summed E-state index contributed by atoms with van der Waals surface area (Å²) in [5, 5.41) is 2.38. The normalized spacial score (nSPS) is 16.1. The van der Waals surface area contributed by atoms with Crippen molar-refractivity contribution >= 4 is 34.1 Å². The number of benzene rings is 1. The molecule has 0 saturated carbocycles. The Morgan fingerprint density at radius 2 is 1.93 bits per heavy atom. The molecule has 146 valence electrons. The predicted molar refractivity (Wildman–Crippen MR) is 106 cm³/mol. The van der Waals surface area contributed by atoms with Crippen LogP contribution in [-0.4, -0.2) is 35.8 Å². The van der Waals surface area contributed by atoms with Crippen LogP contribution in [0.2, 0.25) is 0 Å². The van der Waals surface area contributed by atoms with Crippen LogP contribution in [-0.2, 0) is 33.6 Å². The molecule has 0 unspecified atom stereocenters. The highest BCUT2D eigenvalue weighted by Crippen LogP contribution is 2.25. The standard InChI is InChI=1S/C21H22N2O4S/c24-18(16-8-7-14-4-1-2-5-15(14)10-16)12-27-20(26)11-17-13-28-21(22-17)23-9-3-6-19(23)25/h7-8,10,13H,1-6,9,11-12H2. The third kappa shape index (κ3) is 4.14. The Hall–Kier alpha value is -2.54. The van der Waals surface area contributed by atoms with E-state index in [1.54, 1.807) is 10.3 Å². The number of aryl methyl sites for hydroxylation is 2. The highest BCUT2D eigenvalue weighted by Gasteiger charge is 2.24. The van der Waals surface area contributed by atoms with Gasteiger partial charge in [-0.2, -0.15) is 0 Å². The second kappa shape index (κ2) is 8.22. The zero-order valence-electron chi connectivity index (χ0n) is 15.6. The van der Waals surface area contributed by atoms with Crippen LogP contribution in [0.4, 0.5) is 5.13 Å². The van der Waals surface area contributed by atoms with Crippen molar-refractivity contribution in [2.75, 3.05) is 18.1 Å². The molecule has 6 nitrogen and oxygen atoms in total. The number of hydrogen-bond donors (Lipinski definition) is 0. The first kappa shape index (κ1) is 18.8. The summed E-state index contributed by atoms with van der Waals surface area (Å²) in [5.74, 6) is -0.613. The molecule has 2 aromatic rings. The first-order valence-corrected chi connectivity index (χ1v) is 10.5. The summed E-state index contributed by atoms with van der Waals surface area (Å²) in [6.45, 7) is 0.407. The molecule has 1 aromatic heterocycles. The van der Waals surface area contributed by atoms with Gasteiger partial charge in [-0.05, 0) is 49.3 Å². The Morgan fingerprint density at radius 1 is 1.11 bits per heavy atom. The average Bonchev–Trinajstić information content (AvgIpc) is 3.34. The number of Topliss-reactive ketones (excluding diaryl/α,β-unsaturated/α-hetero) is 1. The van der Waals surface area contributed by atoms with Crippen molar-refractivity contribution in [2.45, 2.75) is 44.9 Å². The van der Waals surface area contributed by atoms with Crippen LogP contribution in [0.1, 0.15) is 52.9 Å². The van der Waals surface area contributed by atoms with E-state index in [1.807, 2.05) is 18.2 Å². The van der Waals surface area contributed by atoms with Gasteiger partial charge in [0, 0.05) is 23.9 Å². The molecule has 1 aromatic carbocycles. The molecule has 7 heteroatoms. The summed E-state index contributed by atoms with van der Waals surface area (Å²) < 4.78 is 5.16. The van der Waals surface area contributed by atoms with Gasteiger partial charge >= 0.3 is 5.97 Å². The van der Waals surface area contributed by atoms with E-state index in [0.29, 0.717) is 29.4 Å². The van der Waals surface area contributed by atoms with Crippen molar-refractivity contribution in [3.05, 3.63) is 46.0 Å². The molecule has 0 spiro atoms. The van der Waals surface area contributed by atoms with Gasteiger partial charge in [0.05, 0.1) is 12.1 Å². The van der Waals surface area contributed by atoms with E-state index >= 15 is 0 Å². The van der Waals surface area contributed by atoms with E-state index in [2.05, 4.69) is 4.98 Å². The minimum atomic E-state index is -0.490. The highest BCUT2D eigenvalue weighted by molar-refractivity contribution is 7.14. The summed E-state index contributed by atoms with van der Waals surface area (Å²) >= 11 is 1.35. The molecule has 1 fully saturated rings. The summed E-state index contributed by atoms with van der Waals surface area (Å²) in [4.78, 5) is 42.2. The Balaban J connectivity index is 1.30. The molecular formula is C21H22N2O4S. The number of hydrogen-bond acceptors (Lipinski definition) is 6. The number of amides is 1. The molecule has 1 aliphatic carbocycles. The molecule has 0 N–H and O–H groups in total. The maximum Gasteiger partial charge on any atom is 0.312 e. The number of ketones is 1. The second-order valence-electron chi connectivity index (χ2n) is 7.22. The van der Waals surface area contributed by atoms with Crippen LogP contribution in [0, 0.1) is 0 Å². The van der Waals surface area contributed by atoms with Gasteiger partial charge in [-0.15, -0.1) is 11.3 Å². The van der Waals surface area contributed by atoms with E-state index in [-0.39, 0.29) is 24.7 Å². The van der Waals surface area contributed by atoms with Gasteiger partial charge in [-0.1, -0.05) is 12.1 Å². The fourth-order valence-corrected chi connectivity index (χ4v) is 4.55. The zero-order chi connectivity index (χ0) is 19.5. The fraction of sp³-hybridized carbons (Fsp3) is 0.429. The number of carbonyl (C=O) groups is 3. The Bertz CT molecular complexity index is 921. The number of nitrogens with zero attached hydrogens (tertiary/aromatic N) is 2. The van der Waals surface area contributed by atoms with E-state index in [1.165, 1.54) is 28.9 Å². The number of carbonyl (C=O) groups excluding carboxylic acids is 3. The van der Waals surface area contributed by atoms with Crippen LogP contribution in [0.5, 0.6) is 0 Å². The van der Waals surface area contributed by atoms with Crippen molar-refractivity contribution in [1.82, 2.24) is 4.98 Å². The lowest BCUT2D eigenvalue weighted by molar-refractivity contribution is -0.141. The zero-order valence-corrected chi connectivity index (χ0v) is 16.4. The largest absolute Gasteiger partial charge is 0.457 e. The highest BCUT2D eigenvalue weighted by atomic mass is 32.1. The average molecular weight is 398 g/mol. The number of thiazole rings is 1. The summed E-state index contributed by atoms with van der Waals surface area (Å²) in [6, 6.07) is 5.77. The van der Waals surface area contributed by atoms with Gasteiger partial charge < -0.3 is 4.74 Å². The SMILES string of the molecule is O=C(Cc1csc(N2CCCC2=O)n1)OCC(=O)c1ccc2c(c1)CCCC2. The van der Waals surface area contributed by atoms with Crippen molar-refractivity contribution in [3.8, 4) is 0 Å².